The van der Waals surface area contributed by atoms with Gasteiger partial charge in [0.1, 0.15) is 0 Å². The molecule has 0 N–H and O–H groups in total. The first-order chi connectivity index (χ1) is 13.9. The zero-order valence-corrected chi connectivity index (χ0v) is 14.6. The summed E-state index contributed by atoms with van der Waals surface area (Å²) in [6.07, 6.45) is 1.77. The molecule has 1 heteroatoms. The molecule has 0 amide bonds. The molecule has 0 aliphatic heterocycles. The number of nitrogens with zero attached hydrogens (tertiary/aromatic N) is 1. The Morgan fingerprint density at radius 2 is 1.38 bits per heavy atom. The first-order valence-corrected chi connectivity index (χ1v) is 8.66. The van der Waals surface area contributed by atoms with E-state index in [0.29, 0.717) is 5.56 Å². The predicted octanol–water partition coefficient (Wildman–Crippen LogP) is 6.70. The van der Waals surface area contributed by atoms with Gasteiger partial charge in [0.05, 0.1) is 5.69 Å². The van der Waals surface area contributed by atoms with E-state index >= 15 is 0 Å². The number of rotatable bonds is 3. The normalized spacial score (nSPS) is 12.9. The Kier molecular flexibility index (Phi) is 3.50. The molecule has 0 saturated heterocycles. The van der Waals surface area contributed by atoms with Crippen LogP contribution in [0.2, 0.25) is 0 Å². The minimum Gasteiger partial charge on any atom is -0.256 e. The second-order valence-electron chi connectivity index (χ2n) is 6.38. The minimum atomic E-state index is -2.16. The average Bonchev–Trinajstić information content (AvgIpc) is 2.74. The van der Waals surface area contributed by atoms with Gasteiger partial charge in [-0.1, -0.05) is 72.8 Å². The molecule has 0 spiro atoms. The summed E-state index contributed by atoms with van der Waals surface area (Å²) in [5, 5.41) is 0. The Balaban J connectivity index is 1.72. The van der Waals surface area contributed by atoms with E-state index in [1.807, 2.05) is 55.5 Å². The third-order valence-electron chi connectivity index (χ3n) is 4.59. The molecule has 0 unspecified atom stereocenters. The van der Waals surface area contributed by atoms with Crippen molar-refractivity contribution in [3.8, 4) is 33.5 Å². The zero-order chi connectivity index (χ0) is 20.4. The Hall–Kier alpha value is -3.19. The third kappa shape index (κ3) is 3.16. The predicted molar refractivity (Wildman–Crippen MR) is 110 cm³/mol. The van der Waals surface area contributed by atoms with Crippen LogP contribution in [0, 0.1) is 13.8 Å². The molecule has 0 aliphatic rings. The van der Waals surface area contributed by atoms with Crippen LogP contribution in [-0.2, 0) is 0 Å². The van der Waals surface area contributed by atoms with E-state index in [9.17, 15) is 0 Å². The smallest absolute Gasteiger partial charge is 0.0702 e. The Morgan fingerprint density at radius 1 is 0.654 bits per heavy atom. The van der Waals surface area contributed by atoms with Gasteiger partial charge >= 0.3 is 0 Å². The summed E-state index contributed by atoms with van der Waals surface area (Å²) in [5.74, 6) is 0. The van der Waals surface area contributed by atoms with Crippen LogP contribution in [0.1, 0.15) is 15.2 Å². The molecule has 3 aromatic carbocycles. The van der Waals surface area contributed by atoms with Crippen molar-refractivity contribution in [2.24, 2.45) is 0 Å². The van der Waals surface area contributed by atoms with E-state index in [0.717, 1.165) is 39.1 Å². The van der Waals surface area contributed by atoms with E-state index in [4.69, 9.17) is 4.11 Å². The molecule has 0 aliphatic carbocycles. The van der Waals surface area contributed by atoms with Crippen molar-refractivity contribution in [3.05, 3.63) is 102 Å². The summed E-state index contributed by atoms with van der Waals surface area (Å²) in [5.41, 5.74) is 7.03. The van der Waals surface area contributed by atoms with E-state index in [1.165, 1.54) is 0 Å². The van der Waals surface area contributed by atoms with Crippen LogP contribution in [0.5, 0.6) is 0 Å². The summed E-state index contributed by atoms with van der Waals surface area (Å²) < 4.78 is 23.6. The molecule has 0 fully saturated rings. The van der Waals surface area contributed by atoms with Crippen molar-refractivity contribution in [3.63, 3.8) is 0 Å². The van der Waals surface area contributed by atoms with Crippen molar-refractivity contribution in [2.75, 3.05) is 0 Å². The largest absolute Gasteiger partial charge is 0.256 e. The highest BCUT2D eigenvalue weighted by Crippen LogP contribution is 2.29. The van der Waals surface area contributed by atoms with Gasteiger partial charge in [0.2, 0.25) is 0 Å². The van der Waals surface area contributed by atoms with E-state index in [-0.39, 0.29) is 0 Å². The highest BCUT2D eigenvalue weighted by Gasteiger charge is 2.07. The third-order valence-corrected chi connectivity index (χ3v) is 4.59. The molecule has 1 nitrogen and oxygen atoms in total. The maximum atomic E-state index is 7.85. The van der Waals surface area contributed by atoms with Gasteiger partial charge in [-0.15, -0.1) is 0 Å². The minimum absolute atomic E-state index is 0.359. The topological polar surface area (TPSA) is 12.9 Å². The molecular weight excluding hydrogens is 314 g/mol. The molecule has 0 saturated carbocycles. The molecular formula is C25H21N. The Bertz CT molecular complexity index is 1130. The van der Waals surface area contributed by atoms with Gasteiger partial charge in [0.15, 0.2) is 0 Å². The fourth-order valence-electron chi connectivity index (χ4n) is 3.25. The van der Waals surface area contributed by atoms with Crippen molar-refractivity contribution in [1.29, 1.82) is 0 Å². The average molecular weight is 338 g/mol. The van der Waals surface area contributed by atoms with Gasteiger partial charge in [-0.2, -0.15) is 0 Å². The van der Waals surface area contributed by atoms with E-state index < -0.39 is 6.85 Å². The molecule has 0 atom stereocenters. The van der Waals surface area contributed by atoms with Crippen molar-refractivity contribution < 1.29 is 4.11 Å². The van der Waals surface area contributed by atoms with Crippen LogP contribution in [-0.4, -0.2) is 4.98 Å². The molecule has 0 radical (unpaired) electrons. The molecule has 26 heavy (non-hydrogen) atoms. The van der Waals surface area contributed by atoms with Crippen molar-refractivity contribution >= 4 is 0 Å². The zero-order valence-electron chi connectivity index (χ0n) is 17.6. The first kappa shape index (κ1) is 13.1. The van der Waals surface area contributed by atoms with Gasteiger partial charge in [-0.25, -0.2) is 0 Å². The van der Waals surface area contributed by atoms with E-state index in [2.05, 4.69) is 29.2 Å². The van der Waals surface area contributed by atoms with Crippen molar-refractivity contribution in [2.45, 2.75) is 13.8 Å². The van der Waals surface area contributed by atoms with E-state index in [1.54, 1.807) is 18.3 Å². The second kappa shape index (κ2) is 6.97. The number of aryl methyl sites for hydroxylation is 2. The lowest BCUT2D eigenvalue weighted by Gasteiger charge is -2.11. The quantitative estimate of drug-likeness (QED) is 0.405. The highest BCUT2D eigenvalue weighted by atomic mass is 14.7. The van der Waals surface area contributed by atoms with Crippen LogP contribution in [0.25, 0.3) is 33.5 Å². The molecule has 126 valence electrons. The van der Waals surface area contributed by atoms with Crippen LogP contribution in [0.3, 0.4) is 0 Å². The van der Waals surface area contributed by atoms with Gasteiger partial charge in [-0.05, 0) is 53.7 Å². The molecule has 4 aromatic rings. The first-order valence-electron chi connectivity index (χ1n) is 10.2. The number of hydrogen-bond donors (Lipinski definition) is 0. The lowest BCUT2D eigenvalue weighted by molar-refractivity contribution is 1.30. The maximum absolute atomic E-state index is 7.85. The van der Waals surface area contributed by atoms with Gasteiger partial charge in [0.25, 0.3) is 0 Å². The summed E-state index contributed by atoms with van der Waals surface area (Å²) in [6.45, 7) is -0.230. The molecule has 1 aromatic heterocycles. The van der Waals surface area contributed by atoms with Crippen LogP contribution < -0.4 is 0 Å². The van der Waals surface area contributed by atoms with Crippen LogP contribution in [0.4, 0.5) is 0 Å². The second-order valence-corrected chi connectivity index (χ2v) is 6.38. The Morgan fingerprint density at radius 3 is 2.15 bits per heavy atom. The molecule has 4 rings (SSSR count). The highest BCUT2D eigenvalue weighted by molar-refractivity contribution is 5.74. The van der Waals surface area contributed by atoms with Crippen LogP contribution >= 0.6 is 0 Å². The molecule has 0 bridgehead atoms. The lowest BCUT2D eigenvalue weighted by Crippen LogP contribution is -1.90. The SMILES string of the molecule is [2H]C([2H])([2H])c1cccc(C)c1-c1ccc(-c2cccc(-c3ccccc3)c2)nc1. The summed E-state index contributed by atoms with van der Waals surface area (Å²) >= 11 is 0. The van der Waals surface area contributed by atoms with Gasteiger partial charge < -0.3 is 0 Å². The Labute approximate surface area is 159 Å². The van der Waals surface area contributed by atoms with Crippen LogP contribution in [0.15, 0.2) is 91.1 Å². The fraction of sp³-hybridized carbons (Fsp3) is 0.0800. The summed E-state index contributed by atoms with van der Waals surface area (Å²) in [4.78, 5) is 4.64. The maximum Gasteiger partial charge on any atom is 0.0702 e. The summed E-state index contributed by atoms with van der Waals surface area (Å²) in [7, 11) is 0. The van der Waals surface area contributed by atoms with Gasteiger partial charge in [0, 0.05) is 21.4 Å². The molecule has 1 heterocycles. The van der Waals surface area contributed by atoms with Gasteiger partial charge in [-0.3, -0.25) is 4.98 Å². The fourth-order valence-corrected chi connectivity index (χ4v) is 3.25. The summed E-state index contributed by atoms with van der Waals surface area (Å²) in [6, 6.07) is 27.8. The number of aromatic nitrogens is 1. The number of hydrogen-bond acceptors (Lipinski definition) is 1. The van der Waals surface area contributed by atoms with Crippen molar-refractivity contribution in [1.82, 2.24) is 4.98 Å². The standard InChI is InChI=1S/C25H21N/c1-18-8-6-9-19(2)25(18)23-14-15-24(26-17-23)22-13-7-12-21(16-22)20-10-4-3-5-11-20/h3-17H,1-2H3/i1D3. The monoisotopic (exact) mass is 338 g/mol. The number of benzene rings is 3. The number of pyridine rings is 1. The lowest BCUT2D eigenvalue weighted by atomic mass is 9.96.